The molecule has 4 heteroatoms. The summed E-state index contributed by atoms with van der Waals surface area (Å²) in [5.41, 5.74) is -0.864. The molecule has 0 saturated carbocycles. The molecular formula is C10H9NO3. The lowest BCUT2D eigenvalue weighted by Crippen LogP contribution is -1.98. The third kappa shape index (κ3) is 1.42. The number of aromatic amines is 1. The third-order valence-electron chi connectivity index (χ3n) is 1.59. The number of aliphatic carboxylic acids is 1. The highest BCUT2D eigenvalue weighted by atomic mass is 16.4. The second-order valence-electron chi connectivity index (χ2n) is 2.53. The van der Waals surface area contributed by atoms with E-state index >= 15 is 0 Å². The molecule has 1 aromatic carbocycles. The van der Waals surface area contributed by atoms with Crippen LogP contribution in [0.15, 0.2) is 24.3 Å². The van der Waals surface area contributed by atoms with E-state index in [2.05, 4.69) is 4.98 Å². The van der Waals surface area contributed by atoms with Crippen LogP contribution in [0.3, 0.4) is 0 Å². The lowest BCUT2D eigenvalue weighted by Gasteiger charge is -1.95. The van der Waals surface area contributed by atoms with Crippen molar-refractivity contribution >= 4 is 16.9 Å². The fourth-order valence-corrected chi connectivity index (χ4v) is 1.07. The van der Waals surface area contributed by atoms with E-state index in [0.717, 1.165) is 0 Å². The molecule has 0 spiro atoms. The number of carboxylic acids is 1. The fraction of sp³-hybridized carbons (Fsp3) is 0.100. The van der Waals surface area contributed by atoms with Crippen LogP contribution in [0, 0.1) is 0 Å². The summed E-state index contributed by atoms with van der Waals surface area (Å²) in [6.07, 6.45) is -3.58. The SMILES string of the molecule is [2H]c1[nH]c2c([2H])c([2H])c(O)c([2H])c2c1C([2H])([2H])C(=O)O. The summed E-state index contributed by atoms with van der Waals surface area (Å²) in [7, 11) is 0. The average molecular weight is 197 g/mol. The van der Waals surface area contributed by atoms with Crippen molar-refractivity contribution in [1.82, 2.24) is 4.98 Å². The normalized spacial score (nSPS) is 17.7. The molecule has 0 atom stereocenters. The zero-order valence-corrected chi connectivity index (χ0v) is 6.80. The molecule has 2 rings (SSSR count). The van der Waals surface area contributed by atoms with Gasteiger partial charge in [-0.25, -0.2) is 0 Å². The van der Waals surface area contributed by atoms with Crippen LogP contribution < -0.4 is 0 Å². The number of nitrogens with one attached hydrogen (secondary N) is 1. The zero-order chi connectivity index (χ0) is 15.4. The van der Waals surface area contributed by atoms with Crippen LogP contribution in [0.25, 0.3) is 10.9 Å². The van der Waals surface area contributed by atoms with Crippen molar-refractivity contribution in [3.05, 3.63) is 29.9 Å². The van der Waals surface area contributed by atoms with Gasteiger partial charge in [-0.2, -0.15) is 0 Å². The van der Waals surface area contributed by atoms with E-state index in [1.807, 2.05) is 0 Å². The Morgan fingerprint density at radius 3 is 3.14 bits per heavy atom. The van der Waals surface area contributed by atoms with Gasteiger partial charge < -0.3 is 15.2 Å². The summed E-state index contributed by atoms with van der Waals surface area (Å²) in [6.45, 7) is 0. The maximum Gasteiger partial charge on any atom is 0.307 e. The van der Waals surface area contributed by atoms with Gasteiger partial charge in [0.15, 0.2) is 0 Å². The first-order chi connectivity index (χ1) is 9.10. The van der Waals surface area contributed by atoms with E-state index in [1.54, 1.807) is 0 Å². The van der Waals surface area contributed by atoms with Gasteiger partial charge in [-0.15, -0.1) is 0 Å². The lowest BCUT2D eigenvalue weighted by atomic mass is 10.1. The minimum atomic E-state index is -2.96. The van der Waals surface area contributed by atoms with Crippen LogP contribution >= 0.6 is 0 Å². The van der Waals surface area contributed by atoms with Crippen molar-refractivity contribution in [3.8, 4) is 5.75 Å². The van der Waals surface area contributed by atoms with Crippen LogP contribution in [0.5, 0.6) is 5.75 Å². The highest BCUT2D eigenvalue weighted by molar-refractivity contribution is 5.87. The van der Waals surface area contributed by atoms with Crippen molar-refractivity contribution < 1.29 is 23.2 Å². The summed E-state index contributed by atoms with van der Waals surface area (Å²) in [6, 6.07) is -1.86. The number of hydrogen-bond acceptors (Lipinski definition) is 2. The third-order valence-corrected chi connectivity index (χ3v) is 1.59. The molecule has 0 aliphatic rings. The minimum absolute atomic E-state index is 0.220. The Bertz CT molecular complexity index is 739. The Balaban J connectivity index is 3.02. The zero-order valence-electron chi connectivity index (χ0n) is 12.8. The molecule has 0 saturated heterocycles. The number of fused-ring (bicyclic) bond motifs is 1. The smallest absolute Gasteiger partial charge is 0.307 e. The summed E-state index contributed by atoms with van der Waals surface area (Å²) in [4.78, 5) is 13.3. The molecule has 2 aromatic rings. The highest BCUT2D eigenvalue weighted by Crippen LogP contribution is 2.23. The molecule has 1 heterocycles. The van der Waals surface area contributed by atoms with Crippen LogP contribution in [0.4, 0.5) is 0 Å². The first kappa shape index (κ1) is 4.04. The molecular weight excluding hydrogens is 182 g/mol. The number of phenols is 1. The number of aromatic hydroxyl groups is 1. The predicted molar refractivity (Wildman–Crippen MR) is 51.3 cm³/mol. The number of phenolic OH excluding ortho intramolecular Hbond substituents is 1. The summed E-state index contributed by atoms with van der Waals surface area (Å²) < 4.78 is 45.4. The number of carboxylic acid groups (broad SMARTS) is 1. The second kappa shape index (κ2) is 3.06. The second-order valence-corrected chi connectivity index (χ2v) is 2.53. The molecule has 0 bridgehead atoms. The number of H-pyrrole nitrogens is 1. The molecule has 0 unspecified atom stereocenters. The maximum absolute atomic E-state index is 11.0. The predicted octanol–water partition coefficient (Wildman–Crippen LogP) is 1.50. The van der Waals surface area contributed by atoms with Gasteiger partial charge in [0.2, 0.25) is 0 Å². The standard InChI is InChI=1S/C10H9NO3/c12-7-1-2-9-8(4-7)6(5-11-9)3-10(13)14/h1-2,4-5,11-12H,3H2,(H,13,14)/i1D,2D,3D2,4D,5D. The molecule has 0 aliphatic carbocycles. The number of benzene rings is 1. The van der Waals surface area contributed by atoms with E-state index in [4.69, 9.17) is 13.3 Å². The van der Waals surface area contributed by atoms with E-state index in [1.165, 1.54) is 0 Å². The molecule has 0 aliphatic heterocycles. The monoisotopic (exact) mass is 197 g/mol. The molecule has 3 N–H and O–H groups in total. The molecule has 0 fully saturated rings. The molecule has 0 radical (unpaired) electrons. The van der Waals surface area contributed by atoms with Gasteiger partial charge in [0, 0.05) is 19.8 Å². The first-order valence-corrected chi connectivity index (χ1v) is 3.65. The van der Waals surface area contributed by atoms with E-state index in [0.29, 0.717) is 0 Å². The minimum Gasteiger partial charge on any atom is -0.508 e. The maximum atomic E-state index is 11.0. The van der Waals surface area contributed by atoms with Gasteiger partial charge >= 0.3 is 5.97 Å². The highest BCUT2D eigenvalue weighted by Gasteiger charge is 2.07. The van der Waals surface area contributed by atoms with Crippen molar-refractivity contribution in [1.29, 1.82) is 0 Å². The van der Waals surface area contributed by atoms with Crippen molar-refractivity contribution in [2.45, 2.75) is 6.37 Å². The molecule has 1 aromatic heterocycles. The topological polar surface area (TPSA) is 73.3 Å². The van der Waals surface area contributed by atoms with Crippen molar-refractivity contribution in [2.24, 2.45) is 0 Å². The number of aromatic nitrogens is 1. The van der Waals surface area contributed by atoms with E-state index in [9.17, 15) is 9.90 Å². The lowest BCUT2D eigenvalue weighted by molar-refractivity contribution is -0.136. The Morgan fingerprint density at radius 1 is 1.64 bits per heavy atom. The van der Waals surface area contributed by atoms with Gasteiger partial charge in [-0.3, -0.25) is 4.79 Å². The van der Waals surface area contributed by atoms with Gasteiger partial charge in [0.1, 0.15) is 5.75 Å². The van der Waals surface area contributed by atoms with E-state index in [-0.39, 0.29) is 10.9 Å². The Labute approximate surface area is 88.2 Å². The molecule has 14 heavy (non-hydrogen) atoms. The average Bonchev–Trinajstić information content (AvgIpc) is 2.71. The number of carbonyl (C=O) groups is 1. The quantitative estimate of drug-likeness (QED) is 0.683. The molecule has 4 nitrogen and oxygen atoms in total. The van der Waals surface area contributed by atoms with Gasteiger partial charge in [-0.05, 0) is 23.7 Å². The van der Waals surface area contributed by atoms with Crippen molar-refractivity contribution in [3.63, 3.8) is 0 Å². The Kier molecular flexibility index (Phi) is 0.885. The van der Waals surface area contributed by atoms with Crippen LogP contribution in [0.1, 0.15) is 13.8 Å². The first-order valence-electron chi connectivity index (χ1n) is 6.65. The summed E-state index contributed by atoms with van der Waals surface area (Å²) in [5, 5.41) is 18.1. The largest absolute Gasteiger partial charge is 0.508 e. The summed E-state index contributed by atoms with van der Waals surface area (Å²) in [5.74, 6) is -2.71. The Hall–Kier alpha value is -1.97. The van der Waals surface area contributed by atoms with Crippen LogP contribution in [0.2, 0.25) is 0 Å². The number of rotatable bonds is 2. The molecule has 72 valence electrons. The fourth-order valence-electron chi connectivity index (χ4n) is 1.07. The number of hydrogen-bond donors (Lipinski definition) is 3. The summed E-state index contributed by atoms with van der Waals surface area (Å²) >= 11 is 0. The molecule has 0 amide bonds. The van der Waals surface area contributed by atoms with Crippen LogP contribution in [-0.4, -0.2) is 21.2 Å². The van der Waals surface area contributed by atoms with Gasteiger partial charge in [-0.1, -0.05) is 0 Å². The van der Waals surface area contributed by atoms with Crippen molar-refractivity contribution in [2.75, 3.05) is 0 Å². The van der Waals surface area contributed by atoms with E-state index < -0.39 is 48.0 Å². The van der Waals surface area contributed by atoms with Crippen LogP contribution in [-0.2, 0) is 11.2 Å². The Morgan fingerprint density at radius 2 is 2.43 bits per heavy atom. The van der Waals surface area contributed by atoms with Gasteiger partial charge in [0.05, 0.1) is 11.9 Å². The van der Waals surface area contributed by atoms with Gasteiger partial charge in [0.25, 0.3) is 0 Å².